The van der Waals surface area contributed by atoms with Crippen LogP contribution < -0.4 is 20.1 Å². The van der Waals surface area contributed by atoms with Crippen molar-refractivity contribution in [2.45, 2.75) is 71.2 Å². The largest absolute Gasteiger partial charge is 0.496 e. The summed E-state index contributed by atoms with van der Waals surface area (Å²) in [6.45, 7) is 5.92. The number of nitrogens with one attached hydrogen (secondary N) is 2. The van der Waals surface area contributed by atoms with E-state index in [0.717, 1.165) is 0 Å². The number of halogens is 2. The molecule has 3 rings (SSSR count). The van der Waals surface area contributed by atoms with Crippen LogP contribution >= 0.6 is 11.6 Å². The second-order valence-electron chi connectivity index (χ2n) is 10.7. The van der Waals surface area contributed by atoms with Gasteiger partial charge in [-0.1, -0.05) is 11.6 Å². The van der Waals surface area contributed by atoms with Gasteiger partial charge in [0.25, 0.3) is 11.8 Å². The summed E-state index contributed by atoms with van der Waals surface area (Å²) < 4.78 is 25.7. The van der Waals surface area contributed by atoms with E-state index in [1.54, 1.807) is 6.92 Å². The monoisotopic (exact) mass is 573 g/mol. The van der Waals surface area contributed by atoms with Crippen LogP contribution in [0.25, 0.3) is 0 Å². The number of rotatable bonds is 9. The van der Waals surface area contributed by atoms with Gasteiger partial charge in [0.2, 0.25) is 0 Å². The Morgan fingerprint density at radius 3 is 2.35 bits per heavy atom. The van der Waals surface area contributed by atoms with E-state index in [1.165, 1.54) is 58.2 Å². The molecule has 11 heteroatoms. The molecule has 1 fully saturated rings. The Morgan fingerprint density at radius 2 is 1.80 bits per heavy atom. The van der Waals surface area contributed by atoms with Gasteiger partial charge in [-0.3, -0.25) is 14.4 Å². The average Bonchev–Trinajstić information content (AvgIpc) is 2.89. The van der Waals surface area contributed by atoms with Crippen LogP contribution in [-0.4, -0.2) is 47.8 Å². The number of carboxylic acid groups (broad SMARTS) is 1. The van der Waals surface area contributed by atoms with Gasteiger partial charge in [0, 0.05) is 11.1 Å². The van der Waals surface area contributed by atoms with Gasteiger partial charge in [-0.25, -0.2) is 4.39 Å². The molecule has 40 heavy (non-hydrogen) atoms. The average molecular weight is 574 g/mol. The molecule has 0 spiro atoms. The van der Waals surface area contributed by atoms with Crippen molar-refractivity contribution >= 4 is 35.1 Å². The van der Waals surface area contributed by atoms with Crippen molar-refractivity contribution in [2.75, 3.05) is 12.4 Å². The SMILES string of the molecule is COc1cc(C#N)c(O[C@H]2CC[C@@](C)(C(=O)O)CC2)cc1C(=O)Nc1cc(Cl)ccc1C(=O)N[C@H](C)C(C)(C)F. The minimum absolute atomic E-state index is 0.0345. The summed E-state index contributed by atoms with van der Waals surface area (Å²) in [5.41, 5.74) is -2.17. The number of ether oxygens (including phenoxy) is 2. The van der Waals surface area contributed by atoms with E-state index in [-0.39, 0.29) is 45.0 Å². The van der Waals surface area contributed by atoms with E-state index in [0.29, 0.717) is 25.7 Å². The summed E-state index contributed by atoms with van der Waals surface area (Å²) in [5.74, 6) is -1.87. The van der Waals surface area contributed by atoms with Gasteiger partial charge in [0.1, 0.15) is 23.2 Å². The predicted molar refractivity (Wildman–Crippen MR) is 148 cm³/mol. The zero-order valence-corrected chi connectivity index (χ0v) is 23.8. The molecule has 0 heterocycles. The highest BCUT2D eigenvalue weighted by Gasteiger charge is 2.38. The van der Waals surface area contributed by atoms with Crippen molar-refractivity contribution in [1.82, 2.24) is 5.32 Å². The van der Waals surface area contributed by atoms with E-state index < -0.39 is 34.9 Å². The van der Waals surface area contributed by atoms with Gasteiger partial charge < -0.3 is 25.2 Å². The number of anilines is 1. The van der Waals surface area contributed by atoms with Crippen LogP contribution in [0.5, 0.6) is 11.5 Å². The van der Waals surface area contributed by atoms with Crippen LogP contribution in [0.4, 0.5) is 10.1 Å². The Bertz CT molecular complexity index is 1340. The molecule has 0 radical (unpaired) electrons. The third-order valence-electron chi connectivity index (χ3n) is 7.36. The van der Waals surface area contributed by atoms with Crippen molar-refractivity contribution in [3.8, 4) is 17.6 Å². The smallest absolute Gasteiger partial charge is 0.309 e. The number of alkyl halides is 1. The molecule has 0 aromatic heterocycles. The summed E-state index contributed by atoms with van der Waals surface area (Å²) in [4.78, 5) is 37.9. The first-order valence-corrected chi connectivity index (χ1v) is 13.2. The number of amides is 2. The number of carboxylic acids is 1. The van der Waals surface area contributed by atoms with E-state index in [4.69, 9.17) is 21.1 Å². The van der Waals surface area contributed by atoms with E-state index in [9.17, 15) is 29.1 Å². The minimum Gasteiger partial charge on any atom is -0.496 e. The predicted octanol–water partition coefficient (Wildman–Crippen LogP) is 5.75. The third kappa shape index (κ3) is 7.02. The molecule has 214 valence electrons. The number of methoxy groups -OCH3 is 1. The molecule has 1 atom stereocenters. The lowest BCUT2D eigenvalue weighted by Gasteiger charge is -2.34. The maximum Gasteiger partial charge on any atom is 0.309 e. The van der Waals surface area contributed by atoms with E-state index in [2.05, 4.69) is 10.6 Å². The molecular weight excluding hydrogens is 541 g/mol. The topological polar surface area (TPSA) is 138 Å². The molecule has 2 aromatic carbocycles. The molecule has 2 aromatic rings. The number of benzene rings is 2. The second kappa shape index (κ2) is 12.1. The molecule has 1 aliphatic carbocycles. The standard InChI is InChI=1S/C29H33ClFN3O6/c1-16(28(2,3)31)33-25(35)20-7-6-18(30)13-22(20)34-26(36)21-14-23(17(15-32)12-24(21)39-5)40-19-8-10-29(4,11-9-19)27(37)38/h6-7,12-14,16,19H,8-11H2,1-5H3,(H,33,35)(H,34,36)(H,37,38)/t16-,19-,29+/m1/s1. The van der Waals surface area contributed by atoms with Gasteiger partial charge in [-0.2, -0.15) is 5.26 Å². The van der Waals surface area contributed by atoms with Gasteiger partial charge in [-0.05, 0) is 77.6 Å². The normalized spacial score (nSPS) is 19.6. The van der Waals surface area contributed by atoms with E-state index >= 15 is 0 Å². The van der Waals surface area contributed by atoms with Crippen LogP contribution in [0, 0.1) is 16.7 Å². The highest BCUT2D eigenvalue weighted by atomic mass is 35.5. The fourth-order valence-corrected chi connectivity index (χ4v) is 4.46. The molecule has 1 aliphatic rings. The molecule has 0 aliphatic heterocycles. The van der Waals surface area contributed by atoms with Gasteiger partial charge in [0.15, 0.2) is 0 Å². The van der Waals surface area contributed by atoms with Crippen LogP contribution in [0.2, 0.25) is 5.02 Å². The van der Waals surface area contributed by atoms with Gasteiger partial charge in [-0.15, -0.1) is 0 Å². The van der Waals surface area contributed by atoms with Crippen molar-refractivity contribution in [2.24, 2.45) is 5.41 Å². The lowest BCUT2D eigenvalue weighted by atomic mass is 9.75. The first-order chi connectivity index (χ1) is 18.7. The Balaban J connectivity index is 1.89. The van der Waals surface area contributed by atoms with Crippen LogP contribution in [0.15, 0.2) is 30.3 Å². The molecule has 1 saturated carbocycles. The van der Waals surface area contributed by atoms with Crippen LogP contribution in [0.1, 0.15) is 79.7 Å². The zero-order chi connectivity index (χ0) is 29.8. The van der Waals surface area contributed by atoms with Crippen molar-refractivity contribution < 1.29 is 33.4 Å². The number of carbonyl (C=O) groups excluding carboxylic acids is 2. The molecule has 0 saturated heterocycles. The number of nitrogens with zero attached hydrogens (tertiary/aromatic N) is 1. The fraction of sp³-hybridized carbons (Fsp3) is 0.448. The summed E-state index contributed by atoms with van der Waals surface area (Å²) >= 11 is 6.14. The highest BCUT2D eigenvalue weighted by molar-refractivity contribution is 6.31. The van der Waals surface area contributed by atoms with Crippen molar-refractivity contribution in [3.05, 3.63) is 52.0 Å². The summed E-state index contributed by atoms with van der Waals surface area (Å²) in [5, 5.41) is 24.7. The number of hydrogen-bond donors (Lipinski definition) is 3. The molecule has 0 unspecified atom stereocenters. The first-order valence-electron chi connectivity index (χ1n) is 12.8. The number of carbonyl (C=O) groups is 3. The lowest BCUT2D eigenvalue weighted by molar-refractivity contribution is -0.150. The van der Waals surface area contributed by atoms with Crippen LogP contribution in [0.3, 0.4) is 0 Å². The molecule has 2 amide bonds. The quantitative estimate of drug-likeness (QED) is 0.347. The molecule has 3 N–H and O–H groups in total. The Kier molecular flexibility index (Phi) is 9.31. The fourth-order valence-electron chi connectivity index (χ4n) is 4.28. The molecule has 9 nitrogen and oxygen atoms in total. The summed E-state index contributed by atoms with van der Waals surface area (Å²) in [6.07, 6.45) is 1.42. The Hall–Kier alpha value is -3.84. The van der Waals surface area contributed by atoms with Gasteiger partial charge >= 0.3 is 5.97 Å². The number of aliphatic carboxylic acids is 1. The molecular formula is C29H33ClFN3O6. The summed E-state index contributed by atoms with van der Waals surface area (Å²) in [6, 6.07) is 8.29. The van der Waals surface area contributed by atoms with Crippen LogP contribution in [-0.2, 0) is 4.79 Å². The number of hydrogen-bond acceptors (Lipinski definition) is 6. The first kappa shape index (κ1) is 30.7. The Morgan fingerprint density at radius 1 is 1.15 bits per heavy atom. The zero-order valence-electron chi connectivity index (χ0n) is 23.1. The maximum absolute atomic E-state index is 14.3. The molecule has 0 bridgehead atoms. The van der Waals surface area contributed by atoms with Crippen molar-refractivity contribution in [1.29, 1.82) is 5.26 Å². The number of nitriles is 1. The second-order valence-corrected chi connectivity index (χ2v) is 11.2. The highest BCUT2D eigenvalue weighted by Crippen LogP contribution is 2.39. The lowest BCUT2D eigenvalue weighted by Crippen LogP contribution is -2.44. The van der Waals surface area contributed by atoms with Gasteiger partial charge in [0.05, 0.1) is 47.0 Å². The van der Waals surface area contributed by atoms with Crippen molar-refractivity contribution in [3.63, 3.8) is 0 Å². The third-order valence-corrected chi connectivity index (χ3v) is 7.60. The Labute approximate surface area is 237 Å². The minimum atomic E-state index is -1.68. The summed E-state index contributed by atoms with van der Waals surface area (Å²) in [7, 11) is 1.35. The van der Waals surface area contributed by atoms with E-state index in [1.807, 2.05) is 6.07 Å². The maximum atomic E-state index is 14.3.